The first kappa shape index (κ1) is 10.9. The Balaban J connectivity index is 2.21. The van der Waals surface area contributed by atoms with Crippen LogP contribution in [0.25, 0.3) is 0 Å². The number of benzene rings is 1. The molecule has 1 aromatic rings. The van der Waals surface area contributed by atoms with Gasteiger partial charge in [-0.15, -0.1) is 0 Å². The molecule has 0 saturated heterocycles. The Morgan fingerprint density at radius 1 is 1.41 bits per heavy atom. The highest BCUT2D eigenvalue weighted by molar-refractivity contribution is 6.36. The van der Waals surface area contributed by atoms with Crippen molar-refractivity contribution in [3.05, 3.63) is 18.2 Å². The molecule has 88 valence electrons. The van der Waals surface area contributed by atoms with Crippen LogP contribution in [0.2, 0.25) is 0 Å². The molecule has 0 aliphatic carbocycles. The first-order valence-corrected chi connectivity index (χ1v) is 4.67. The molecule has 1 aliphatic rings. The predicted molar refractivity (Wildman–Crippen MR) is 56.8 cm³/mol. The molecule has 2 amide bonds. The number of nitrogens with one attached hydrogen (secondary N) is 2. The van der Waals surface area contributed by atoms with Gasteiger partial charge in [0.15, 0.2) is 6.61 Å². The largest absolute Gasteiger partial charge is 0.482 e. The van der Waals surface area contributed by atoms with E-state index in [4.69, 9.17) is 9.84 Å². The molecule has 1 aliphatic heterocycles. The Bertz CT molecular complexity index is 511. The van der Waals surface area contributed by atoms with Gasteiger partial charge in [0.1, 0.15) is 5.75 Å². The van der Waals surface area contributed by atoms with Crippen molar-refractivity contribution in [2.45, 2.75) is 0 Å². The summed E-state index contributed by atoms with van der Waals surface area (Å²) in [5.74, 6) is -2.56. The van der Waals surface area contributed by atoms with E-state index in [9.17, 15) is 14.4 Å². The van der Waals surface area contributed by atoms with Crippen LogP contribution in [0.4, 0.5) is 11.4 Å². The van der Waals surface area contributed by atoms with E-state index in [1.165, 1.54) is 18.2 Å². The third-order valence-corrected chi connectivity index (χ3v) is 2.06. The zero-order chi connectivity index (χ0) is 12.4. The first-order chi connectivity index (χ1) is 8.06. The van der Waals surface area contributed by atoms with Gasteiger partial charge in [-0.1, -0.05) is 0 Å². The lowest BCUT2D eigenvalue weighted by molar-refractivity contribution is -0.147. The fraction of sp³-hybridized carbons (Fsp3) is 0.100. The quantitative estimate of drug-likeness (QED) is 0.597. The molecular weight excluding hydrogens is 228 g/mol. The third kappa shape index (κ3) is 2.33. The van der Waals surface area contributed by atoms with E-state index in [2.05, 4.69) is 10.6 Å². The lowest BCUT2D eigenvalue weighted by Crippen LogP contribution is -2.26. The Labute approximate surface area is 95.4 Å². The number of amides is 2. The van der Waals surface area contributed by atoms with Gasteiger partial charge in [-0.2, -0.15) is 0 Å². The molecule has 1 aromatic carbocycles. The normalized spacial score (nSPS) is 13.1. The number of carbonyl (C=O) groups excluding carboxylic acids is 2. The van der Waals surface area contributed by atoms with Crippen molar-refractivity contribution >= 4 is 29.2 Å². The number of fused-ring (bicyclic) bond motifs is 1. The van der Waals surface area contributed by atoms with Crippen LogP contribution in [0, 0.1) is 0 Å². The zero-order valence-electron chi connectivity index (χ0n) is 8.52. The van der Waals surface area contributed by atoms with E-state index >= 15 is 0 Å². The molecule has 3 N–H and O–H groups in total. The van der Waals surface area contributed by atoms with Crippen molar-refractivity contribution in [3.63, 3.8) is 0 Å². The Hall–Kier alpha value is -2.57. The highest BCUT2D eigenvalue weighted by Gasteiger charge is 2.17. The fourth-order valence-electron chi connectivity index (χ4n) is 1.35. The summed E-state index contributed by atoms with van der Waals surface area (Å²) >= 11 is 0. The van der Waals surface area contributed by atoms with E-state index in [1.807, 2.05) is 0 Å². The smallest absolute Gasteiger partial charge is 0.394 e. The highest BCUT2D eigenvalue weighted by Crippen LogP contribution is 2.30. The number of carboxylic acids is 1. The maximum atomic E-state index is 11.0. The second-order valence-corrected chi connectivity index (χ2v) is 3.31. The van der Waals surface area contributed by atoms with E-state index in [0.717, 1.165) is 0 Å². The summed E-state index contributed by atoms with van der Waals surface area (Å²) in [5, 5.41) is 13.1. The van der Waals surface area contributed by atoms with Crippen molar-refractivity contribution in [1.29, 1.82) is 0 Å². The summed E-state index contributed by atoms with van der Waals surface area (Å²) in [7, 11) is 0. The third-order valence-electron chi connectivity index (χ3n) is 2.06. The SMILES string of the molecule is O=C1COc2ccc(NC(=O)C(=O)O)cc2N1. The number of hydrogen-bond acceptors (Lipinski definition) is 4. The Morgan fingerprint density at radius 2 is 2.18 bits per heavy atom. The molecule has 7 nitrogen and oxygen atoms in total. The molecule has 17 heavy (non-hydrogen) atoms. The maximum Gasteiger partial charge on any atom is 0.394 e. The second-order valence-electron chi connectivity index (χ2n) is 3.31. The highest BCUT2D eigenvalue weighted by atomic mass is 16.5. The minimum absolute atomic E-state index is 0.0617. The molecular formula is C10H8N2O5. The lowest BCUT2D eigenvalue weighted by Gasteiger charge is -2.18. The molecule has 0 saturated carbocycles. The number of rotatable bonds is 1. The molecule has 0 bridgehead atoms. The van der Waals surface area contributed by atoms with Crippen LogP contribution in [-0.4, -0.2) is 29.5 Å². The van der Waals surface area contributed by atoms with E-state index in [0.29, 0.717) is 11.4 Å². The summed E-state index contributed by atoms with van der Waals surface area (Å²) < 4.78 is 5.10. The summed E-state index contributed by atoms with van der Waals surface area (Å²) in [6.45, 7) is -0.0617. The number of carbonyl (C=O) groups is 3. The van der Waals surface area contributed by atoms with Gasteiger partial charge >= 0.3 is 11.9 Å². The summed E-state index contributed by atoms with van der Waals surface area (Å²) in [5.41, 5.74) is 0.659. The summed E-state index contributed by atoms with van der Waals surface area (Å²) in [6.07, 6.45) is 0. The molecule has 0 spiro atoms. The molecule has 0 fully saturated rings. The van der Waals surface area contributed by atoms with Gasteiger partial charge in [0.25, 0.3) is 5.91 Å². The predicted octanol–water partition coefficient (Wildman–Crippen LogP) is 0.0406. The van der Waals surface area contributed by atoms with Gasteiger partial charge in [-0.05, 0) is 18.2 Å². The van der Waals surface area contributed by atoms with E-state index in [-0.39, 0.29) is 18.2 Å². The number of aliphatic carboxylic acids is 1. The minimum atomic E-state index is -1.58. The van der Waals surface area contributed by atoms with Crippen molar-refractivity contribution < 1.29 is 24.2 Å². The molecule has 0 unspecified atom stereocenters. The monoisotopic (exact) mass is 236 g/mol. The summed E-state index contributed by atoms with van der Waals surface area (Å²) in [6, 6.07) is 4.44. The van der Waals surface area contributed by atoms with Crippen LogP contribution in [0.3, 0.4) is 0 Å². The lowest BCUT2D eigenvalue weighted by atomic mass is 10.2. The average Bonchev–Trinajstić information content (AvgIpc) is 2.28. The van der Waals surface area contributed by atoms with E-state index in [1.54, 1.807) is 0 Å². The molecule has 0 radical (unpaired) electrons. The van der Waals surface area contributed by atoms with Crippen molar-refractivity contribution in [2.75, 3.05) is 17.2 Å². The van der Waals surface area contributed by atoms with Gasteiger partial charge in [-0.3, -0.25) is 9.59 Å². The van der Waals surface area contributed by atoms with Crippen LogP contribution in [0.1, 0.15) is 0 Å². The molecule has 0 atom stereocenters. The Morgan fingerprint density at radius 3 is 2.88 bits per heavy atom. The Kier molecular flexibility index (Phi) is 2.65. The number of carboxylic acid groups (broad SMARTS) is 1. The number of hydrogen-bond donors (Lipinski definition) is 3. The maximum absolute atomic E-state index is 11.0. The molecule has 7 heteroatoms. The zero-order valence-corrected chi connectivity index (χ0v) is 8.52. The standard InChI is InChI=1S/C10H8N2O5/c13-8-4-17-7-2-1-5(3-6(7)12-8)11-9(14)10(15)16/h1-3H,4H2,(H,11,14)(H,12,13)(H,15,16). The first-order valence-electron chi connectivity index (χ1n) is 4.67. The average molecular weight is 236 g/mol. The van der Waals surface area contributed by atoms with Crippen LogP contribution in [0.5, 0.6) is 5.75 Å². The second kappa shape index (κ2) is 4.12. The van der Waals surface area contributed by atoms with Crippen molar-refractivity contribution in [3.8, 4) is 5.75 Å². The molecule has 1 heterocycles. The van der Waals surface area contributed by atoms with Crippen LogP contribution in [0.15, 0.2) is 18.2 Å². The van der Waals surface area contributed by atoms with Crippen molar-refractivity contribution in [1.82, 2.24) is 0 Å². The van der Waals surface area contributed by atoms with Gasteiger partial charge in [0, 0.05) is 5.69 Å². The molecule has 2 rings (SSSR count). The van der Waals surface area contributed by atoms with Crippen LogP contribution in [-0.2, 0) is 14.4 Å². The number of ether oxygens (including phenoxy) is 1. The molecule has 0 aromatic heterocycles. The van der Waals surface area contributed by atoms with Gasteiger partial charge in [-0.25, -0.2) is 4.79 Å². The summed E-state index contributed by atoms with van der Waals surface area (Å²) in [4.78, 5) is 32.3. The van der Waals surface area contributed by atoms with Gasteiger partial charge < -0.3 is 20.5 Å². The van der Waals surface area contributed by atoms with Gasteiger partial charge in [0.05, 0.1) is 5.69 Å². The van der Waals surface area contributed by atoms with E-state index < -0.39 is 11.9 Å². The van der Waals surface area contributed by atoms with Gasteiger partial charge in [0.2, 0.25) is 0 Å². The van der Waals surface area contributed by atoms with Crippen molar-refractivity contribution in [2.24, 2.45) is 0 Å². The van der Waals surface area contributed by atoms with Crippen LogP contribution >= 0.6 is 0 Å². The minimum Gasteiger partial charge on any atom is -0.482 e. The fourth-order valence-corrected chi connectivity index (χ4v) is 1.35. The topological polar surface area (TPSA) is 105 Å². The number of anilines is 2. The van der Waals surface area contributed by atoms with Crippen LogP contribution < -0.4 is 15.4 Å².